The third kappa shape index (κ3) is 3.24. The molecular formula is C15H16BrClN2O2. The highest BCUT2D eigenvalue weighted by Crippen LogP contribution is 2.27. The Labute approximate surface area is 137 Å². The Bertz CT molecular complexity index is 573. The molecule has 0 aromatic heterocycles. The first-order valence-corrected chi connectivity index (χ1v) is 8.25. The number of piperidine rings is 2. The van der Waals surface area contributed by atoms with Crippen molar-refractivity contribution in [1.29, 1.82) is 0 Å². The summed E-state index contributed by atoms with van der Waals surface area (Å²) in [6.45, 7) is 1.37. The third-order valence-electron chi connectivity index (χ3n) is 4.22. The van der Waals surface area contributed by atoms with Crippen molar-refractivity contribution < 1.29 is 9.59 Å². The first kappa shape index (κ1) is 14.9. The molecule has 6 heteroatoms. The van der Waals surface area contributed by atoms with E-state index in [1.165, 1.54) is 0 Å². The van der Waals surface area contributed by atoms with Gasteiger partial charge in [-0.1, -0.05) is 27.5 Å². The van der Waals surface area contributed by atoms with Gasteiger partial charge >= 0.3 is 0 Å². The van der Waals surface area contributed by atoms with Gasteiger partial charge in [0.25, 0.3) is 5.91 Å². The Morgan fingerprint density at radius 3 is 2.90 bits per heavy atom. The second-order valence-corrected chi connectivity index (χ2v) is 7.02. The normalized spacial score (nSPS) is 25.2. The Hall–Kier alpha value is -1.07. The molecular weight excluding hydrogens is 356 g/mol. The number of nitrogens with one attached hydrogen (secondary N) is 1. The lowest BCUT2D eigenvalue weighted by molar-refractivity contribution is -0.125. The molecule has 2 atom stereocenters. The van der Waals surface area contributed by atoms with E-state index < -0.39 is 0 Å². The summed E-state index contributed by atoms with van der Waals surface area (Å²) in [5.74, 6) is 0.506. The molecule has 2 unspecified atom stereocenters. The van der Waals surface area contributed by atoms with Crippen LogP contribution < -0.4 is 5.32 Å². The van der Waals surface area contributed by atoms with Gasteiger partial charge in [-0.15, -0.1) is 0 Å². The summed E-state index contributed by atoms with van der Waals surface area (Å²) < 4.78 is 0.804. The maximum absolute atomic E-state index is 12.6. The van der Waals surface area contributed by atoms with Crippen molar-refractivity contribution in [1.82, 2.24) is 10.2 Å². The average Bonchev–Trinajstić information content (AvgIpc) is 2.45. The zero-order chi connectivity index (χ0) is 15.0. The fraction of sp³-hybridized carbons (Fsp3) is 0.467. The smallest absolute Gasteiger partial charge is 0.253 e. The lowest BCUT2D eigenvalue weighted by Crippen LogP contribution is -2.55. The van der Waals surface area contributed by atoms with Gasteiger partial charge < -0.3 is 10.2 Å². The molecule has 2 amide bonds. The van der Waals surface area contributed by atoms with Crippen LogP contribution >= 0.6 is 27.5 Å². The largest absolute Gasteiger partial charge is 0.353 e. The number of carbonyl (C=O) groups excluding carboxylic acids is 2. The van der Waals surface area contributed by atoms with Gasteiger partial charge in [0.15, 0.2) is 0 Å². The van der Waals surface area contributed by atoms with Crippen molar-refractivity contribution in [3.05, 3.63) is 33.3 Å². The summed E-state index contributed by atoms with van der Waals surface area (Å²) >= 11 is 9.38. The van der Waals surface area contributed by atoms with E-state index in [9.17, 15) is 9.59 Å². The molecule has 0 saturated carbocycles. The van der Waals surface area contributed by atoms with Crippen molar-refractivity contribution in [3.63, 3.8) is 0 Å². The van der Waals surface area contributed by atoms with Crippen molar-refractivity contribution in [2.45, 2.75) is 25.3 Å². The Kier molecular flexibility index (Phi) is 4.22. The predicted octanol–water partition coefficient (Wildman–Crippen LogP) is 2.84. The predicted molar refractivity (Wildman–Crippen MR) is 84.3 cm³/mol. The van der Waals surface area contributed by atoms with Crippen LogP contribution in [0.1, 0.15) is 29.6 Å². The van der Waals surface area contributed by atoms with Crippen molar-refractivity contribution in [2.24, 2.45) is 5.92 Å². The van der Waals surface area contributed by atoms with E-state index in [0.717, 1.165) is 17.3 Å². The molecule has 1 aromatic rings. The molecule has 0 spiro atoms. The zero-order valence-corrected chi connectivity index (χ0v) is 13.8. The number of fused-ring (bicyclic) bond motifs is 1. The first-order valence-electron chi connectivity index (χ1n) is 7.07. The summed E-state index contributed by atoms with van der Waals surface area (Å²) in [6, 6.07) is 5.48. The highest BCUT2D eigenvalue weighted by atomic mass is 79.9. The van der Waals surface area contributed by atoms with E-state index in [1.807, 2.05) is 4.90 Å². The van der Waals surface area contributed by atoms with Gasteiger partial charge in [0.05, 0.1) is 0 Å². The number of rotatable bonds is 1. The Morgan fingerprint density at radius 2 is 2.14 bits per heavy atom. The fourth-order valence-electron chi connectivity index (χ4n) is 3.15. The number of hydrogen-bond donors (Lipinski definition) is 1. The number of nitrogens with zero attached hydrogens (tertiary/aromatic N) is 1. The highest BCUT2D eigenvalue weighted by molar-refractivity contribution is 9.10. The van der Waals surface area contributed by atoms with Gasteiger partial charge in [-0.05, 0) is 37.0 Å². The fourth-order valence-corrected chi connectivity index (χ4v) is 4.01. The van der Waals surface area contributed by atoms with E-state index in [4.69, 9.17) is 11.6 Å². The van der Waals surface area contributed by atoms with E-state index >= 15 is 0 Å². The molecule has 1 N–H and O–H groups in total. The van der Waals surface area contributed by atoms with Gasteiger partial charge in [-0.25, -0.2) is 0 Å². The van der Waals surface area contributed by atoms with Gasteiger partial charge in [-0.2, -0.15) is 0 Å². The standard InChI is InChI=1S/C15H16BrClN2O2/c16-11-5-10(6-12(17)7-11)15(21)19-4-3-13-9(8-19)1-2-14(20)18-13/h5-7,9,13H,1-4,8H2,(H,18,20). The molecule has 2 fully saturated rings. The minimum Gasteiger partial charge on any atom is -0.353 e. The summed E-state index contributed by atoms with van der Waals surface area (Å²) in [5, 5.41) is 3.58. The van der Waals surface area contributed by atoms with Crippen LogP contribution in [0.5, 0.6) is 0 Å². The van der Waals surface area contributed by atoms with Crippen LogP contribution in [-0.4, -0.2) is 35.8 Å². The van der Waals surface area contributed by atoms with Gasteiger partial charge in [0.1, 0.15) is 0 Å². The average molecular weight is 372 g/mol. The minimum atomic E-state index is 0.00792. The van der Waals surface area contributed by atoms with Crippen LogP contribution in [0.25, 0.3) is 0 Å². The first-order chi connectivity index (χ1) is 10.0. The van der Waals surface area contributed by atoms with Crippen LogP contribution in [0, 0.1) is 5.92 Å². The van der Waals surface area contributed by atoms with Crippen LogP contribution in [-0.2, 0) is 4.79 Å². The highest BCUT2D eigenvalue weighted by Gasteiger charge is 2.35. The topological polar surface area (TPSA) is 49.4 Å². The molecule has 4 nitrogen and oxygen atoms in total. The molecule has 2 aliphatic heterocycles. The number of hydrogen-bond acceptors (Lipinski definition) is 2. The molecule has 2 saturated heterocycles. The quantitative estimate of drug-likeness (QED) is 0.825. The third-order valence-corrected chi connectivity index (χ3v) is 4.90. The van der Waals surface area contributed by atoms with Crippen LogP contribution in [0.3, 0.4) is 0 Å². The van der Waals surface area contributed by atoms with Crippen LogP contribution in [0.4, 0.5) is 0 Å². The maximum atomic E-state index is 12.6. The molecule has 3 rings (SSSR count). The summed E-state index contributed by atoms with van der Waals surface area (Å²) in [6.07, 6.45) is 2.25. The van der Waals surface area contributed by atoms with Crippen LogP contribution in [0.15, 0.2) is 22.7 Å². The second-order valence-electron chi connectivity index (χ2n) is 5.67. The van der Waals surface area contributed by atoms with E-state index in [-0.39, 0.29) is 17.9 Å². The number of likely N-dealkylation sites (tertiary alicyclic amines) is 1. The summed E-state index contributed by atoms with van der Waals surface area (Å²) in [7, 11) is 0. The Balaban J connectivity index is 1.73. The maximum Gasteiger partial charge on any atom is 0.253 e. The molecule has 112 valence electrons. The zero-order valence-electron chi connectivity index (χ0n) is 11.4. The number of benzene rings is 1. The molecule has 0 radical (unpaired) electrons. The van der Waals surface area contributed by atoms with Crippen molar-refractivity contribution in [2.75, 3.05) is 13.1 Å². The van der Waals surface area contributed by atoms with Crippen molar-refractivity contribution >= 4 is 39.3 Å². The monoisotopic (exact) mass is 370 g/mol. The SMILES string of the molecule is O=C1CCC2CN(C(=O)c3cc(Cl)cc(Br)c3)CCC2N1. The van der Waals surface area contributed by atoms with E-state index in [2.05, 4.69) is 21.2 Å². The van der Waals surface area contributed by atoms with Gasteiger partial charge in [-0.3, -0.25) is 9.59 Å². The van der Waals surface area contributed by atoms with E-state index in [0.29, 0.717) is 36.0 Å². The summed E-state index contributed by atoms with van der Waals surface area (Å²) in [4.78, 5) is 25.9. The molecule has 21 heavy (non-hydrogen) atoms. The van der Waals surface area contributed by atoms with Gasteiger partial charge in [0.2, 0.25) is 5.91 Å². The molecule has 1 aromatic carbocycles. The van der Waals surface area contributed by atoms with Crippen molar-refractivity contribution in [3.8, 4) is 0 Å². The second kappa shape index (κ2) is 5.97. The Morgan fingerprint density at radius 1 is 1.33 bits per heavy atom. The lowest BCUT2D eigenvalue weighted by Gasteiger charge is -2.41. The minimum absolute atomic E-state index is 0.00792. The van der Waals surface area contributed by atoms with Gasteiger partial charge in [0, 0.05) is 40.6 Å². The summed E-state index contributed by atoms with van der Waals surface area (Å²) in [5.41, 5.74) is 0.604. The van der Waals surface area contributed by atoms with Crippen LogP contribution in [0.2, 0.25) is 5.02 Å². The molecule has 2 heterocycles. The molecule has 0 bridgehead atoms. The molecule has 2 aliphatic rings. The number of amides is 2. The number of halogens is 2. The molecule has 0 aliphatic carbocycles. The lowest BCUT2D eigenvalue weighted by atomic mass is 9.85. The van der Waals surface area contributed by atoms with E-state index in [1.54, 1.807) is 18.2 Å². The number of carbonyl (C=O) groups is 2.